The molecule has 15 heavy (non-hydrogen) atoms. The van der Waals surface area contributed by atoms with Crippen molar-refractivity contribution in [2.24, 2.45) is 0 Å². The molecule has 0 unspecified atom stereocenters. The molecule has 0 bridgehead atoms. The molecule has 0 fully saturated rings. The molecule has 3 heteroatoms. The second-order valence-electron chi connectivity index (χ2n) is 2.97. The monoisotopic (exact) mass is 224 g/mol. The zero-order chi connectivity index (χ0) is 11.1. The van der Waals surface area contributed by atoms with Crippen LogP contribution in [-0.2, 0) is 0 Å². The van der Waals surface area contributed by atoms with Crippen LogP contribution in [-0.4, -0.2) is 12.4 Å². The maximum atomic E-state index is 11.3. The van der Waals surface area contributed by atoms with Crippen molar-refractivity contribution in [2.45, 2.75) is 13.3 Å². The molecule has 0 amide bonds. The molecule has 0 N–H and O–H groups in total. The zero-order valence-corrected chi connectivity index (χ0v) is 9.33. The SMILES string of the molecule is CCC(=O)c1ccc(OC/C=C/Cl)cc1. The standard InChI is InChI=1S/C12H13ClO2/c1-2-12(14)10-4-6-11(7-5-10)15-9-3-8-13/h3-8H,2,9H2,1H3/b8-3+. The van der Waals surface area contributed by atoms with Crippen LogP contribution in [0, 0.1) is 0 Å². The average Bonchev–Trinajstić information content (AvgIpc) is 2.29. The highest BCUT2D eigenvalue weighted by Gasteiger charge is 2.01. The lowest BCUT2D eigenvalue weighted by atomic mass is 10.1. The first-order chi connectivity index (χ1) is 7.27. The molecule has 0 saturated carbocycles. The third-order valence-corrected chi connectivity index (χ3v) is 2.11. The third kappa shape index (κ3) is 3.76. The first-order valence-corrected chi connectivity index (χ1v) is 5.23. The van der Waals surface area contributed by atoms with Gasteiger partial charge in [-0.3, -0.25) is 4.79 Å². The minimum atomic E-state index is 0.141. The highest BCUT2D eigenvalue weighted by Crippen LogP contribution is 2.13. The molecule has 0 aromatic heterocycles. The molecule has 0 aliphatic carbocycles. The maximum absolute atomic E-state index is 11.3. The molecule has 0 atom stereocenters. The van der Waals surface area contributed by atoms with Crippen LogP contribution in [0.2, 0.25) is 0 Å². The number of hydrogen-bond acceptors (Lipinski definition) is 2. The number of ketones is 1. The Bertz CT molecular complexity index is 341. The van der Waals surface area contributed by atoms with E-state index in [-0.39, 0.29) is 5.78 Å². The van der Waals surface area contributed by atoms with E-state index in [2.05, 4.69) is 0 Å². The fourth-order valence-corrected chi connectivity index (χ4v) is 1.19. The number of hydrogen-bond donors (Lipinski definition) is 0. The van der Waals surface area contributed by atoms with Gasteiger partial charge in [0, 0.05) is 17.5 Å². The molecule has 0 saturated heterocycles. The smallest absolute Gasteiger partial charge is 0.162 e. The minimum absolute atomic E-state index is 0.141. The van der Waals surface area contributed by atoms with Crippen molar-refractivity contribution in [1.29, 1.82) is 0 Å². The predicted octanol–water partition coefficient (Wildman–Crippen LogP) is 3.41. The molecule has 1 rings (SSSR count). The summed E-state index contributed by atoms with van der Waals surface area (Å²) in [6.07, 6.45) is 2.22. The summed E-state index contributed by atoms with van der Waals surface area (Å²) in [6, 6.07) is 7.10. The molecule has 0 aliphatic rings. The van der Waals surface area contributed by atoms with Gasteiger partial charge in [0.2, 0.25) is 0 Å². The summed E-state index contributed by atoms with van der Waals surface area (Å²) in [5, 5.41) is 0. The number of ether oxygens (including phenoxy) is 1. The first kappa shape index (κ1) is 11.8. The third-order valence-electron chi connectivity index (χ3n) is 1.93. The lowest BCUT2D eigenvalue weighted by Crippen LogP contribution is -1.97. The molecular weight excluding hydrogens is 212 g/mol. The fourth-order valence-electron chi connectivity index (χ4n) is 1.12. The molecule has 0 heterocycles. The van der Waals surface area contributed by atoms with Crippen LogP contribution < -0.4 is 4.74 Å². The molecule has 1 aromatic rings. The van der Waals surface area contributed by atoms with Gasteiger partial charge in [-0.25, -0.2) is 0 Å². The lowest BCUT2D eigenvalue weighted by Gasteiger charge is -2.03. The maximum Gasteiger partial charge on any atom is 0.162 e. The van der Waals surface area contributed by atoms with Crippen molar-refractivity contribution in [2.75, 3.05) is 6.61 Å². The average molecular weight is 225 g/mol. The zero-order valence-electron chi connectivity index (χ0n) is 8.57. The van der Waals surface area contributed by atoms with Crippen LogP contribution in [0.5, 0.6) is 5.75 Å². The number of Topliss-reactive ketones (excluding diaryl/α,β-unsaturated/α-hetero) is 1. The lowest BCUT2D eigenvalue weighted by molar-refractivity contribution is 0.0988. The van der Waals surface area contributed by atoms with Gasteiger partial charge in [-0.05, 0) is 30.3 Å². The summed E-state index contributed by atoms with van der Waals surface area (Å²) in [5.41, 5.74) is 2.13. The topological polar surface area (TPSA) is 26.3 Å². The molecular formula is C12H13ClO2. The van der Waals surface area contributed by atoms with Gasteiger partial charge in [0.05, 0.1) is 0 Å². The number of rotatable bonds is 5. The molecule has 1 aromatic carbocycles. The van der Waals surface area contributed by atoms with E-state index >= 15 is 0 Å². The number of halogens is 1. The van der Waals surface area contributed by atoms with Crippen LogP contribution >= 0.6 is 11.6 Å². The Labute approximate surface area is 94.5 Å². The Morgan fingerprint density at radius 3 is 2.60 bits per heavy atom. The predicted molar refractivity (Wildman–Crippen MR) is 61.6 cm³/mol. The molecule has 80 valence electrons. The normalized spacial score (nSPS) is 10.5. The highest BCUT2D eigenvalue weighted by molar-refractivity contribution is 6.25. The Kier molecular flexibility index (Phi) is 4.91. The van der Waals surface area contributed by atoms with Crippen molar-refractivity contribution >= 4 is 17.4 Å². The van der Waals surface area contributed by atoms with Crippen molar-refractivity contribution in [3.8, 4) is 5.75 Å². The van der Waals surface area contributed by atoms with Gasteiger partial charge >= 0.3 is 0 Å². The van der Waals surface area contributed by atoms with Gasteiger partial charge in [-0.2, -0.15) is 0 Å². The Hall–Kier alpha value is -1.28. The Morgan fingerprint density at radius 1 is 1.40 bits per heavy atom. The summed E-state index contributed by atoms with van der Waals surface area (Å²) in [6.45, 7) is 2.28. The minimum Gasteiger partial charge on any atom is -0.490 e. The number of carbonyl (C=O) groups is 1. The quantitative estimate of drug-likeness (QED) is 0.717. The highest BCUT2D eigenvalue weighted by atomic mass is 35.5. The van der Waals surface area contributed by atoms with Crippen molar-refractivity contribution in [1.82, 2.24) is 0 Å². The van der Waals surface area contributed by atoms with Crippen LogP contribution in [0.1, 0.15) is 23.7 Å². The van der Waals surface area contributed by atoms with E-state index in [1.54, 1.807) is 30.3 Å². The Balaban J connectivity index is 2.60. The largest absolute Gasteiger partial charge is 0.490 e. The summed E-state index contributed by atoms with van der Waals surface area (Å²) in [5.74, 6) is 0.875. The van der Waals surface area contributed by atoms with Gasteiger partial charge < -0.3 is 4.74 Å². The van der Waals surface area contributed by atoms with Crippen molar-refractivity contribution in [3.63, 3.8) is 0 Å². The van der Waals surface area contributed by atoms with E-state index in [0.29, 0.717) is 13.0 Å². The van der Waals surface area contributed by atoms with Gasteiger partial charge in [0.25, 0.3) is 0 Å². The van der Waals surface area contributed by atoms with E-state index in [1.807, 2.05) is 6.92 Å². The van der Waals surface area contributed by atoms with Crippen LogP contribution in [0.4, 0.5) is 0 Å². The van der Waals surface area contributed by atoms with Gasteiger partial charge in [-0.15, -0.1) is 0 Å². The number of carbonyl (C=O) groups excluding carboxylic acids is 1. The van der Waals surface area contributed by atoms with E-state index in [4.69, 9.17) is 16.3 Å². The summed E-state index contributed by atoms with van der Waals surface area (Å²) >= 11 is 5.35. The van der Waals surface area contributed by atoms with Gasteiger partial charge in [0.1, 0.15) is 12.4 Å². The molecule has 0 radical (unpaired) electrons. The Morgan fingerprint density at radius 2 is 2.07 bits per heavy atom. The van der Waals surface area contributed by atoms with Crippen LogP contribution in [0.25, 0.3) is 0 Å². The fraction of sp³-hybridized carbons (Fsp3) is 0.250. The molecule has 0 spiro atoms. The second kappa shape index (κ2) is 6.25. The van der Waals surface area contributed by atoms with E-state index in [1.165, 1.54) is 5.54 Å². The van der Waals surface area contributed by atoms with Crippen LogP contribution in [0.15, 0.2) is 35.9 Å². The summed E-state index contributed by atoms with van der Waals surface area (Å²) in [4.78, 5) is 11.3. The van der Waals surface area contributed by atoms with Gasteiger partial charge in [0.15, 0.2) is 5.78 Å². The second-order valence-corrected chi connectivity index (χ2v) is 3.23. The van der Waals surface area contributed by atoms with E-state index in [0.717, 1.165) is 11.3 Å². The molecule has 2 nitrogen and oxygen atoms in total. The van der Waals surface area contributed by atoms with Crippen molar-refractivity contribution < 1.29 is 9.53 Å². The van der Waals surface area contributed by atoms with Crippen molar-refractivity contribution in [3.05, 3.63) is 41.4 Å². The summed E-state index contributed by atoms with van der Waals surface area (Å²) < 4.78 is 5.33. The first-order valence-electron chi connectivity index (χ1n) is 4.79. The molecule has 0 aliphatic heterocycles. The van der Waals surface area contributed by atoms with E-state index in [9.17, 15) is 4.79 Å². The van der Waals surface area contributed by atoms with Gasteiger partial charge in [-0.1, -0.05) is 18.5 Å². The number of benzene rings is 1. The van der Waals surface area contributed by atoms with E-state index < -0.39 is 0 Å². The van der Waals surface area contributed by atoms with Crippen LogP contribution in [0.3, 0.4) is 0 Å². The summed E-state index contributed by atoms with van der Waals surface area (Å²) in [7, 11) is 0.